The minimum atomic E-state index is -0.778. The Kier molecular flexibility index (Phi) is 42.1. The Morgan fingerprint density at radius 3 is 1.09 bits per heavy atom. The second kappa shape index (κ2) is 44.6. The third kappa shape index (κ3) is 42.0. The predicted octanol–water partition coefficient (Wildman–Crippen LogP) is 14.7. The molecular formula is C50H84O6. The first kappa shape index (κ1) is 52.9. The lowest BCUT2D eigenvalue weighted by molar-refractivity contribution is -0.167. The molecule has 0 radical (unpaired) electrons. The quantitative estimate of drug-likeness (QED) is 0.0267. The Labute approximate surface area is 344 Å². The van der Waals surface area contributed by atoms with Crippen molar-refractivity contribution in [2.24, 2.45) is 0 Å². The van der Waals surface area contributed by atoms with Gasteiger partial charge in [-0.3, -0.25) is 14.4 Å². The Bertz CT molecular complexity index is 1080. The fourth-order valence-electron chi connectivity index (χ4n) is 6.03. The Hall–Kier alpha value is -3.15. The van der Waals surface area contributed by atoms with E-state index in [0.29, 0.717) is 19.3 Å². The van der Waals surface area contributed by atoms with Crippen molar-refractivity contribution in [3.63, 3.8) is 0 Å². The molecule has 0 rings (SSSR count). The first-order valence-electron chi connectivity index (χ1n) is 22.9. The minimum absolute atomic E-state index is 0.0839. The van der Waals surface area contributed by atoms with Crippen molar-refractivity contribution in [1.29, 1.82) is 0 Å². The molecule has 56 heavy (non-hydrogen) atoms. The zero-order chi connectivity index (χ0) is 40.8. The van der Waals surface area contributed by atoms with Crippen LogP contribution in [-0.2, 0) is 28.6 Å². The third-order valence-electron chi connectivity index (χ3n) is 9.48. The number of ether oxygens (including phenoxy) is 3. The number of hydrogen-bond acceptors (Lipinski definition) is 6. The van der Waals surface area contributed by atoms with Gasteiger partial charge in [-0.15, -0.1) is 0 Å². The molecule has 1 unspecified atom stereocenters. The normalized spacial score (nSPS) is 12.7. The SMILES string of the molecule is CC/C=C\C/C=C\C/C=C\C/C=C\C/C=C\C/C=C\CCCCCCC(=O)OCC(COC(=O)CCCCCCC)OC(=O)CCCCCCCCCCCC. The number of unbranched alkanes of at least 4 members (excludes halogenated alkanes) is 17. The van der Waals surface area contributed by atoms with E-state index in [1.165, 1.54) is 51.4 Å². The van der Waals surface area contributed by atoms with E-state index in [0.717, 1.165) is 116 Å². The molecule has 320 valence electrons. The van der Waals surface area contributed by atoms with Crippen molar-refractivity contribution < 1.29 is 28.6 Å². The highest BCUT2D eigenvalue weighted by atomic mass is 16.6. The summed E-state index contributed by atoms with van der Waals surface area (Å²) in [5, 5.41) is 0. The van der Waals surface area contributed by atoms with Crippen molar-refractivity contribution in [1.82, 2.24) is 0 Å². The zero-order valence-corrected chi connectivity index (χ0v) is 36.4. The summed E-state index contributed by atoms with van der Waals surface area (Å²) in [6, 6.07) is 0. The highest BCUT2D eigenvalue weighted by Gasteiger charge is 2.19. The number of carbonyl (C=O) groups excluding carboxylic acids is 3. The van der Waals surface area contributed by atoms with E-state index in [-0.39, 0.29) is 31.1 Å². The standard InChI is InChI=1S/C50H84O6/c1-4-7-10-13-15-17-19-20-21-22-23-24-25-26-27-28-29-30-31-33-34-37-40-43-49(52)55-46-47(45-54-48(51)42-39-36-12-9-6-3)56-50(53)44-41-38-35-32-18-16-14-11-8-5-2/h7,10,15,17,20-21,23-24,26-27,29-30,47H,4-6,8-9,11-14,16,18-19,22,25,28,31-46H2,1-3H3/b10-7-,17-15-,21-20-,24-23-,27-26-,30-29-. The molecule has 0 aromatic carbocycles. The van der Waals surface area contributed by atoms with Crippen molar-refractivity contribution in [2.75, 3.05) is 13.2 Å². The van der Waals surface area contributed by atoms with E-state index in [2.05, 4.69) is 93.7 Å². The summed E-state index contributed by atoms with van der Waals surface area (Å²) in [5.74, 6) is -0.930. The van der Waals surface area contributed by atoms with Crippen LogP contribution in [0.2, 0.25) is 0 Å². The molecule has 0 spiro atoms. The highest BCUT2D eigenvalue weighted by molar-refractivity contribution is 5.71. The molecule has 0 N–H and O–H groups in total. The van der Waals surface area contributed by atoms with Gasteiger partial charge in [-0.2, -0.15) is 0 Å². The van der Waals surface area contributed by atoms with Gasteiger partial charge in [-0.1, -0.05) is 190 Å². The van der Waals surface area contributed by atoms with Gasteiger partial charge in [0.2, 0.25) is 0 Å². The van der Waals surface area contributed by atoms with Crippen LogP contribution in [-0.4, -0.2) is 37.2 Å². The molecule has 0 aliphatic rings. The van der Waals surface area contributed by atoms with E-state index in [1.807, 2.05) is 0 Å². The topological polar surface area (TPSA) is 78.9 Å². The largest absolute Gasteiger partial charge is 0.462 e. The number of esters is 3. The fraction of sp³-hybridized carbons (Fsp3) is 0.700. The summed E-state index contributed by atoms with van der Waals surface area (Å²) in [6.07, 6.45) is 54.9. The van der Waals surface area contributed by atoms with Crippen LogP contribution in [0.5, 0.6) is 0 Å². The van der Waals surface area contributed by atoms with Crippen molar-refractivity contribution >= 4 is 17.9 Å². The maximum atomic E-state index is 12.6. The molecule has 0 aromatic heterocycles. The lowest BCUT2D eigenvalue weighted by atomic mass is 10.1. The van der Waals surface area contributed by atoms with E-state index in [1.54, 1.807) is 0 Å². The van der Waals surface area contributed by atoms with Gasteiger partial charge in [-0.25, -0.2) is 0 Å². The van der Waals surface area contributed by atoms with Crippen LogP contribution in [0.4, 0.5) is 0 Å². The molecule has 0 saturated heterocycles. The van der Waals surface area contributed by atoms with E-state index >= 15 is 0 Å². The second-order valence-corrected chi connectivity index (χ2v) is 14.9. The van der Waals surface area contributed by atoms with Crippen molar-refractivity contribution in [3.05, 3.63) is 72.9 Å². The number of allylic oxidation sites excluding steroid dienone is 12. The van der Waals surface area contributed by atoms with Crippen LogP contribution in [0.1, 0.15) is 207 Å². The van der Waals surface area contributed by atoms with Crippen LogP contribution in [0.25, 0.3) is 0 Å². The maximum Gasteiger partial charge on any atom is 0.306 e. The van der Waals surface area contributed by atoms with Crippen molar-refractivity contribution in [3.8, 4) is 0 Å². The van der Waals surface area contributed by atoms with E-state index < -0.39 is 6.10 Å². The van der Waals surface area contributed by atoms with Gasteiger partial charge in [0.05, 0.1) is 0 Å². The minimum Gasteiger partial charge on any atom is -0.462 e. The van der Waals surface area contributed by atoms with Gasteiger partial charge < -0.3 is 14.2 Å². The molecule has 0 aliphatic carbocycles. The summed E-state index contributed by atoms with van der Waals surface area (Å²) in [7, 11) is 0. The molecule has 0 aromatic rings. The Balaban J connectivity index is 4.21. The number of rotatable bonds is 40. The number of hydrogen-bond donors (Lipinski definition) is 0. The summed E-state index contributed by atoms with van der Waals surface area (Å²) >= 11 is 0. The molecule has 0 heterocycles. The summed E-state index contributed by atoms with van der Waals surface area (Å²) in [6.45, 7) is 6.38. The van der Waals surface area contributed by atoms with Gasteiger partial charge in [0, 0.05) is 19.3 Å². The first-order chi connectivity index (χ1) is 27.5. The number of carbonyl (C=O) groups is 3. The molecule has 6 heteroatoms. The molecule has 0 saturated carbocycles. The van der Waals surface area contributed by atoms with Crippen LogP contribution >= 0.6 is 0 Å². The van der Waals surface area contributed by atoms with Crippen LogP contribution in [0.15, 0.2) is 72.9 Å². The Morgan fingerprint density at radius 2 is 0.696 bits per heavy atom. The monoisotopic (exact) mass is 781 g/mol. The molecule has 1 atom stereocenters. The molecular weight excluding hydrogens is 697 g/mol. The fourth-order valence-corrected chi connectivity index (χ4v) is 6.03. The average Bonchev–Trinajstić information content (AvgIpc) is 3.19. The van der Waals surface area contributed by atoms with Crippen LogP contribution in [0.3, 0.4) is 0 Å². The molecule has 6 nitrogen and oxygen atoms in total. The summed E-state index contributed by atoms with van der Waals surface area (Å²) < 4.78 is 16.6. The zero-order valence-electron chi connectivity index (χ0n) is 36.4. The predicted molar refractivity (Wildman–Crippen MR) is 238 cm³/mol. The van der Waals surface area contributed by atoms with E-state index in [4.69, 9.17) is 14.2 Å². The van der Waals surface area contributed by atoms with Crippen LogP contribution in [0, 0.1) is 0 Å². The molecule has 0 amide bonds. The van der Waals surface area contributed by atoms with Gasteiger partial charge in [0.1, 0.15) is 13.2 Å². The van der Waals surface area contributed by atoms with Gasteiger partial charge in [-0.05, 0) is 70.6 Å². The first-order valence-corrected chi connectivity index (χ1v) is 22.9. The Morgan fingerprint density at radius 1 is 0.375 bits per heavy atom. The summed E-state index contributed by atoms with van der Waals surface area (Å²) in [4.78, 5) is 37.4. The van der Waals surface area contributed by atoms with Crippen LogP contribution < -0.4 is 0 Å². The third-order valence-corrected chi connectivity index (χ3v) is 9.48. The van der Waals surface area contributed by atoms with Gasteiger partial charge >= 0.3 is 17.9 Å². The summed E-state index contributed by atoms with van der Waals surface area (Å²) in [5.41, 5.74) is 0. The highest BCUT2D eigenvalue weighted by Crippen LogP contribution is 2.13. The average molecular weight is 781 g/mol. The molecule has 0 fully saturated rings. The van der Waals surface area contributed by atoms with Gasteiger partial charge in [0.25, 0.3) is 0 Å². The van der Waals surface area contributed by atoms with Gasteiger partial charge in [0.15, 0.2) is 6.10 Å². The smallest absolute Gasteiger partial charge is 0.306 e. The van der Waals surface area contributed by atoms with E-state index in [9.17, 15) is 14.4 Å². The lowest BCUT2D eigenvalue weighted by Gasteiger charge is -2.18. The molecule has 0 bridgehead atoms. The van der Waals surface area contributed by atoms with Crippen molar-refractivity contribution in [2.45, 2.75) is 213 Å². The maximum absolute atomic E-state index is 12.6. The lowest BCUT2D eigenvalue weighted by Crippen LogP contribution is -2.30. The molecule has 0 aliphatic heterocycles. The second-order valence-electron chi connectivity index (χ2n) is 14.9.